The Morgan fingerprint density at radius 1 is 1.33 bits per heavy atom. The second kappa shape index (κ2) is 6.76. The molecule has 1 unspecified atom stereocenters. The fourth-order valence-electron chi connectivity index (χ4n) is 1.38. The van der Waals surface area contributed by atoms with Gasteiger partial charge in [-0.25, -0.2) is 4.79 Å². The molecule has 1 aromatic rings. The van der Waals surface area contributed by atoms with E-state index in [0.29, 0.717) is 0 Å². The van der Waals surface area contributed by atoms with E-state index in [0.717, 1.165) is 11.1 Å². The highest BCUT2D eigenvalue weighted by Crippen LogP contribution is 2.03. The molecule has 1 aromatic carbocycles. The van der Waals surface area contributed by atoms with Gasteiger partial charge in [0.25, 0.3) is 0 Å². The van der Waals surface area contributed by atoms with Crippen LogP contribution in [0, 0.1) is 6.92 Å². The Morgan fingerprint density at radius 3 is 2.50 bits per heavy atom. The Balaban J connectivity index is 2.38. The number of carbonyl (C=O) groups is 2. The van der Waals surface area contributed by atoms with Crippen LogP contribution in [0.3, 0.4) is 0 Å². The monoisotopic (exact) mass is 251 g/mol. The van der Waals surface area contributed by atoms with Crippen LogP contribution in [0.1, 0.15) is 11.1 Å². The van der Waals surface area contributed by atoms with E-state index in [9.17, 15) is 14.7 Å². The number of aliphatic hydroxyl groups is 1. The maximum Gasteiger partial charge on any atom is 0.336 e. The third-order valence-electron chi connectivity index (χ3n) is 2.45. The maximum absolute atomic E-state index is 11.5. The van der Waals surface area contributed by atoms with Crippen LogP contribution in [0.25, 0.3) is 0 Å². The van der Waals surface area contributed by atoms with Crippen LogP contribution in [0.2, 0.25) is 0 Å². The number of benzene rings is 1. The highest BCUT2D eigenvalue weighted by Gasteiger charge is 2.16. The molecule has 0 radical (unpaired) electrons. The van der Waals surface area contributed by atoms with Crippen molar-refractivity contribution in [3.63, 3.8) is 0 Å². The topological polar surface area (TPSA) is 75.6 Å². The molecule has 2 N–H and O–H groups in total. The number of aliphatic hydroxyl groups excluding tert-OH is 1. The van der Waals surface area contributed by atoms with E-state index >= 15 is 0 Å². The average molecular weight is 251 g/mol. The minimum Gasteiger partial charge on any atom is -0.467 e. The lowest BCUT2D eigenvalue weighted by molar-refractivity contribution is -0.150. The molecule has 1 amide bonds. The number of methoxy groups -OCH3 is 1. The molecular formula is C13H17NO4. The number of hydrogen-bond donors (Lipinski definition) is 2. The van der Waals surface area contributed by atoms with Crippen LogP contribution in [-0.4, -0.2) is 36.7 Å². The number of aryl methyl sites for hydroxylation is 1. The van der Waals surface area contributed by atoms with Crippen LogP contribution >= 0.6 is 0 Å². The first-order chi connectivity index (χ1) is 8.52. The summed E-state index contributed by atoms with van der Waals surface area (Å²) in [7, 11) is 1.18. The zero-order valence-electron chi connectivity index (χ0n) is 10.5. The zero-order valence-corrected chi connectivity index (χ0v) is 10.5. The van der Waals surface area contributed by atoms with E-state index < -0.39 is 12.1 Å². The molecule has 0 aliphatic heterocycles. The normalized spacial score (nSPS) is 11.7. The molecule has 1 atom stereocenters. The summed E-state index contributed by atoms with van der Waals surface area (Å²) in [6.45, 7) is 1.83. The summed E-state index contributed by atoms with van der Waals surface area (Å²) in [6.07, 6.45) is -1.11. The number of amides is 1. The van der Waals surface area contributed by atoms with Gasteiger partial charge in [0.2, 0.25) is 5.91 Å². The Kier molecular flexibility index (Phi) is 5.32. The summed E-state index contributed by atoms with van der Waals surface area (Å²) in [6, 6.07) is 7.58. The molecule has 0 heterocycles. The molecule has 1 rings (SSSR count). The molecule has 5 heteroatoms. The first-order valence-electron chi connectivity index (χ1n) is 5.61. The highest BCUT2D eigenvalue weighted by molar-refractivity contribution is 5.80. The second-order valence-electron chi connectivity index (χ2n) is 4.01. The maximum atomic E-state index is 11.5. The summed E-state index contributed by atoms with van der Waals surface area (Å²) in [5, 5.41) is 11.8. The van der Waals surface area contributed by atoms with Gasteiger partial charge >= 0.3 is 5.97 Å². The van der Waals surface area contributed by atoms with Gasteiger partial charge in [-0.2, -0.15) is 0 Å². The van der Waals surface area contributed by atoms with Crippen LogP contribution in [0.15, 0.2) is 24.3 Å². The smallest absolute Gasteiger partial charge is 0.336 e. The number of carbonyl (C=O) groups excluding carboxylic acids is 2. The number of nitrogens with one attached hydrogen (secondary N) is 1. The Morgan fingerprint density at radius 2 is 1.94 bits per heavy atom. The summed E-state index contributed by atoms with van der Waals surface area (Å²) in [4.78, 5) is 22.4. The van der Waals surface area contributed by atoms with E-state index in [-0.39, 0.29) is 18.9 Å². The molecule has 0 aliphatic carbocycles. The van der Waals surface area contributed by atoms with Gasteiger partial charge < -0.3 is 15.2 Å². The van der Waals surface area contributed by atoms with Crippen molar-refractivity contribution >= 4 is 11.9 Å². The van der Waals surface area contributed by atoms with Crippen molar-refractivity contribution in [3.05, 3.63) is 35.4 Å². The van der Waals surface area contributed by atoms with Gasteiger partial charge in [0.1, 0.15) is 0 Å². The largest absolute Gasteiger partial charge is 0.467 e. The molecule has 98 valence electrons. The summed E-state index contributed by atoms with van der Waals surface area (Å²) in [5.41, 5.74) is 2.01. The van der Waals surface area contributed by atoms with Crippen molar-refractivity contribution in [2.75, 3.05) is 13.7 Å². The minimum atomic E-state index is -1.32. The summed E-state index contributed by atoms with van der Waals surface area (Å²) < 4.78 is 4.34. The first kappa shape index (κ1) is 14.2. The van der Waals surface area contributed by atoms with Gasteiger partial charge in [0, 0.05) is 0 Å². The van der Waals surface area contributed by atoms with Crippen molar-refractivity contribution in [1.82, 2.24) is 5.32 Å². The van der Waals surface area contributed by atoms with E-state index in [1.54, 1.807) is 0 Å². The molecule has 0 fully saturated rings. The fourth-order valence-corrected chi connectivity index (χ4v) is 1.38. The molecule has 0 aromatic heterocycles. The Bertz CT molecular complexity index is 414. The van der Waals surface area contributed by atoms with Crippen LogP contribution in [-0.2, 0) is 20.7 Å². The first-order valence-corrected chi connectivity index (χ1v) is 5.61. The summed E-state index contributed by atoms with van der Waals surface area (Å²) >= 11 is 0. The Labute approximate surface area is 106 Å². The molecular weight excluding hydrogens is 234 g/mol. The third-order valence-corrected chi connectivity index (χ3v) is 2.45. The van der Waals surface area contributed by atoms with Crippen molar-refractivity contribution in [1.29, 1.82) is 0 Å². The van der Waals surface area contributed by atoms with Gasteiger partial charge in [-0.3, -0.25) is 4.79 Å². The van der Waals surface area contributed by atoms with Crippen LogP contribution in [0.5, 0.6) is 0 Å². The molecule has 18 heavy (non-hydrogen) atoms. The van der Waals surface area contributed by atoms with Gasteiger partial charge in [-0.15, -0.1) is 0 Å². The van der Waals surface area contributed by atoms with Crippen LogP contribution in [0.4, 0.5) is 0 Å². The van der Waals surface area contributed by atoms with E-state index in [4.69, 9.17) is 0 Å². The number of hydrogen-bond acceptors (Lipinski definition) is 4. The van der Waals surface area contributed by atoms with E-state index in [2.05, 4.69) is 10.1 Å². The Hall–Kier alpha value is -1.88. The molecule has 5 nitrogen and oxygen atoms in total. The van der Waals surface area contributed by atoms with E-state index in [1.165, 1.54) is 7.11 Å². The molecule has 0 bridgehead atoms. The lowest BCUT2D eigenvalue weighted by Gasteiger charge is -2.09. The zero-order chi connectivity index (χ0) is 13.5. The van der Waals surface area contributed by atoms with Gasteiger partial charge in [0.05, 0.1) is 20.1 Å². The standard InChI is InChI=1S/C13H17NO4/c1-9-3-5-10(6-4-9)7-12(16)14-8-11(15)13(17)18-2/h3-6,11,15H,7-8H2,1-2H3,(H,14,16). The van der Waals surface area contributed by atoms with Gasteiger partial charge in [-0.05, 0) is 12.5 Å². The SMILES string of the molecule is COC(=O)C(O)CNC(=O)Cc1ccc(C)cc1. The van der Waals surface area contributed by atoms with Crippen LogP contribution < -0.4 is 5.32 Å². The lowest BCUT2D eigenvalue weighted by Crippen LogP contribution is -2.37. The van der Waals surface area contributed by atoms with E-state index in [1.807, 2.05) is 31.2 Å². The third kappa shape index (κ3) is 4.55. The van der Waals surface area contributed by atoms with Crippen molar-refractivity contribution in [2.24, 2.45) is 0 Å². The van der Waals surface area contributed by atoms with Gasteiger partial charge in [-0.1, -0.05) is 29.8 Å². The summed E-state index contributed by atoms with van der Waals surface area (Å²) in [5.74, 6) is -1.01. The second-order valence-corrected chi connectivity index (χ2v) is 4.01. The van der Waals surface area contributed by atoms with Gasteiger partial charge in [0.15, 0.2) is 6.10 Å². The molecule has 0 saturated heterocycles. The molecule has 0 saturated carbocycles. The fraction of sp³-hybridized carbons (Fsp3) is 0.385. The predicted molar refractivity (Wildman–Crippen MR) is 65.9 cm³/mol. The molecule has 0 spiro atoms. The van der Waals surface area contributed by atoms with Crippen molar-refractivity contribution in [2.45, 2.75) is 19.4 Å². The highest BCUT2D eigenvalue weighted by atomic mass is 16.5. The number of ether oxygens (including phenoxy) is 1. The number of esters is 1. The predicted octanol–water partition coefficient (Wildman–Crippen LogP) is 0.188. The molecule has 0 aliphatic rings. The quantitative estimate of drug-likeness (QED) is 0.732. The lowest BCUT2D eigenvalue weighted by atomic mass is 10.1. The minimum absolute atomic E-state index is 0.141. The van der Waals surface area contributed by atoms with Crippen molar-refractivity contribution in [3.8, 4) is 0 Å². The average Bonchev–Trinajstić information content (AvgIpc) is 2.37. The van der Waals surface area contributed by atoms with Crippen molar-refractivity contribution < 1.29 is 19.4 Å². The number of rotatable bonds is 5.